The van der Waals surface area contributed by atoms with Crippen molar-refractivity contribution in [3.8, 4) is 33.8 Å². The summed E-state index contributed by atoms with van der Waals surface area (Å²) < 4.78 is 13.1. The highest BCUT2D eigenvalue weighted by Crippen LogP contribution is 2.53. The first-order chi connectivity index (χ1) is 43.0. The van der Waals surface area contributed by atoms with Gasteiger partial charge in [0.25, 0.3) is 0 Å². The lowest BCUT2D eigenvalue weighted by molar-refractivity contribution is 0.122. The number of hydrogen-bond acceptors (Lipinski definition) is 4. The SMILES string of the molecule is C1=C(c2ccc3ccccc3c2)c2ccccc2CC1.C1=CC(c2ccccc2)(c2ccc(N3CCOCC3)cc2)Oc2c1c1c(c3ccc4ccccc4c23)-c2ccccc2CC1.Oc1cc2c(c3ccc4ccccc4c13)-c1ccccc1CC2. The van der Waals surface area contributed by atoms with Crippen molar-refractivity contribution in [3.63, 3.8) is 0 Å². The molecule has 3 aliphatic carbocycles. The van der Waals surface area contributed by atoms with Crippen molar-refractivity contribution < 1.29 is 14.6 Å². The predicted molar refractivity (Wildman–Crippen MR) is 362 cm³/mol. The molecule has 13 aromatic rings. The summed E-state index contributed by atoms with van der Waals surface area (Å²) in [5.74, 6) is 1.38. The normalized spacial score (nSPS) is 16.2. The van der Waals surface area contributed by atoms with Crippen molar-refractivity contribution >= 4 is 71.2 Å². The van der Waals surface area contributed by atoms with Gasteiger partial charge in [0, 0.05) is 46.2 Å². The zero-order valence-corrected chi connectivity index (χ0v) is 48.7. The van der Waals surface area contributed by atoms with Crippen LogP contribution in [0.2, 0.25) is 0 Å². The van der Waals surface area contributed by atoms with Crippen LogP contribution in [0.5, 0.6) is 11.5 Å². The van der Waals surface area contributed by atoms with Crippen LogP contribution in [0.25, 0.3) is 87.8 Å². The zero-order chi connectivity index (χ0) is 57.8. The molecular formula is C83H65NO3. The number of nitrogens with zero attached hydrogens (tertiary/aromatic N) is 1. The van der Waals surface area contributed by atoms with E-state index in [1.165, 1.54) is 116 Å². The number of benzene rings is 13. The Bertz CT molecular complexity index is 4890. The monoisotopic (exact) mass is 1120 g/mol. The smallest absolute Gasteiger partial charge is 0.178 e. The third kappa shape index (κ3) is 9.26. The largest absolute Gasteiger partial charge is 0.507 e. The Labute approximate surface area is 508 Å². The third-order valence-electron chi connectivity index (χ3n) is 19.0. The number of rotatable bonds is 4. The Kier molecular flexibility index (Phi) is 13.4. The molecule has 4 heteroatoms. The molecule has 5 aliphatic rings. The van der Waals surface area contributed by atoms with Gasteiger partial charge in [-0.1, -0.05) is 237 Å². The number of allylic oxidation sites excluding steroid dienone is 1. The van der Waals surface area contributed by atoms with Gasteiger partial charge in [-0.15, -0.1) is 0 Å². The van der Waals surface area contributed by atoms with Crippen molar-refractivity contribution in [2.75, 3.05) is 31.2 Å². The van der Waals surface area contributed by atoms with Crippen LogP contribution in [0.1, 0.15) is 62.1 Å². The summed E-state index contributed by atoms with van der Waals surface area (Å²) in [6.07, 6.45) is 13.4. The molecule has 1 atom stereocenters. The van der Waals surface area contributed by atoms with Gasteiger partial charge in [0.2, 0.25) is 0 Å². The van der Waals surface area contributed by atoms with Crippen molar-refractivity contribution in [3.05, 3.63) is 317 Å². The number of hydrogen-bond donors (Lipinski definition) is 1. The molecule has 1 saturated heterocycles. The zero-order valence-electron chi connectivity index (χ0n) is 48.7. The highest BCUT2D eigenvalue weighted by molar-refractivity contribution is 6.18. The average molecular weight is 1120 g/mol. The maximum atomic E-state index is 10.7. The van der Waals surface area contributed by atoms with Gasteiger partial charge in [-0.25, -0.2) is 0 Å². The Morgan fingerprint density at radius 1 is 0.414 bits per heavy atom. The summed E-state index contributed by atoms with van der Waals surface area (Å²) in [6, 6.07) is 89.3. The van der Waals surface area contributed by atoms with Crippen LogP contribution in [0, 0.1) is 0 Å². The molecular weight excluding hydrogens is 1060 g/mol. The Hall–Kier alpha value is -10.0. The summed E-state index contributed by atoms with van der Waals surface area (Å²) in [5.41, 5.74) is 20.3. The van der Waals surface area contributed by atoms with E-state index in [0.717, 1.165) is 97.9 Å². The van der Waals surface area contributed by atoms with Crippen molar-refractivity contribution in [1.29, 1.82) is 0 Å². The minimum Gasteiger partial charge on any atom is -0.507 e. The quantitative estimate of drug-likeness (QED) is 0.178. The number of morpholine rings is 1. The van der Waals surface area contributed by atoms with Crippen molar-refractivity contribution in [1.82, 2.24) is 0 Å². The number of phenols is 1. The molecule has 420 valence electrons. The second-order valence-corrected chi connectivity index (χ2v) is 23.8. The van der Waals surface area contributed by atoms with E-state index in [1.807, 2.05) is 18.2 Å². The number of anilines is 1. The molecule has 0 saturated carbocycles. The topological polar surface area (TPSA) is 41.9 Å². The first-order valence-corrected chi connectivity index (χ1v) is 31.0. The number of aromatic hydroxyl groups is 1. The molecule has 87 heavy (non-hydrogen) atoms. The van der Waals surface area contributed by atoms with Crippen molar-refractivity contribution in [2.45, 2.75) is 44.1 Å². The second kappa shape index (κ2) is 22.1. The first kappa shape index (κ1) is 52.5. The van der Waals surface area contributed by atoms with Gasteiger partial charge in [0.1, 0.15) is 11.5 Å². The maximum absolute atomic E-state index is 10.7. The summed E-state index contributed by atoms with van der Waals surface area (Å²) in [7, 11) is 0. The van der Waals surface area contributed by atoms with Crippen LogP contribution >= 0.6 is 0 Å². The Morgan fingerprint density at radius 3 is 1.69 bits per heavy atom. The van der Waals surface area contributed by atoms with E-state index in [0.29, 0.717) is 5.75 Å². The Balaban J connectivity index is 0.000000118. The molecule has 0 amide bonds. The van der Waals surface area contributed by atoms with E-state index >= 15 is 0 Å². The molecule has 1 N–H and O–H groups in total. The van der Waals surface area contributed by atoms with E-state index in [-0.39, 0.29) is 0 Å². The molecule has 18 rings (SSSR count). The summed E-state index contributed by atoms with van der Waals surface area (Å²) in [5, 5.41) is 22.6. The number of aryl methyl sites for hydroxylation is 4. The van der Waals surface area contributed by atoms with Crippen LogP contribution < -0.4 is 9.64 Å². The highest BCUT2D eigenvalue weighted by Gasteiger charge is 2.40. The standard InChI is InChI=1S/C41H33NO2.C22H16O.C20H16/c1-2-10-30(11-3-1)41(31-16-18-32(19-17-31)42-24-26-43-27-25-42)23-22-36-35-20-14-28-8-4-6-12-33(28)38(35)37-21-15-29-9-5-7-13-34(29)39(37)40(36)44-41;23-20-13-16-10-9-14-5-1-3-7-17(14)21(16)19-12-11-15-6-2-4-8-18(15)22(19)20;1-2-8-17-14-18(13-12-15(17)6-1)20-11-5-9-16-7-3-4-10-19(16)20/h1-13,15-19,21-23H,14,20,24-27H2;1-8,11-13,23H,9-10H2;1-4,6-8,10-14H,5,9H2. The number of fused-ring (bicyclic) bond motifs is 19. The molecule has 0 bridgehead atoms. The molecule has 0 radical (unpaired) electrons. The van der Waals surface area contributed by atoms with Gasteiger partial charge in [0.15, 0.2) is 5.60 Å². The van der Waals surface area contributed by atoms with Gasteiger partial charge < -0.3 is 19.5 Å². The van der Waals surface area contributed by atoms with E-state index in [4.69, 9.17) is 9.47 Å². The van der Waals surface area contributed by atoms with Gasteiger partial charge in [-0.05, 0) is 179 Å². The lowest BCUT2D eigenvalue weighted by Gasteiger charge is -2.39. The summed E-state index contributed by atoms with van der Waals surface area (Å²) in [4.78, 5) is 2.40. The highest BCUT2D eigenvalue weighted by atomic mass is 16.5. The summed E-state index contributed by atoms with van der Waals surface area (Å²) >= 11 is 0. The minimum absolute atomic E-state index is 0.398. The summed E-state index contributed by atoms with van der Waals surface area (Å²) in [6.45, 7) is 3.38. The van der Waals surface area contributed by atoms with Crippen LogP contribution in [-0.4, -0.2) is 31.4 Å². The number of phenolic OH excluding ortho intramolecular Hbond substituents is 1. The van der Waals surface area contributed by atoms with E-state index in [9.17, 15) is 5.11 Å². The second-order valence-electron chi connectivity index (χ2n) is 23.8. The van der Waals surface area contributed by atoms with Crippen LogP contribution in [0.15, 0.2) is 261 Å². The van der Waals surface area contributed by atoms with E-state index in [2.05, 4.69) is 254 Å². The molecule has 13 aromatic carbocycles. The van der Waals surface area contributed by atoms with Crippen LogP contribution in [0.4, 0.5) is 5.69 Å². The molecule has 1 unspecified atom stereocenters. The fraction of sp³-hybridized carbons (Fsp3) is 0.133. The molecule has 1 fully saturated rings. The molecule has 0 spiro atoms. The Morgan fingerprint density at radius 2 is 0.966 bits per heavy atom. The lowest BCUT2D eigenvalue weighted by Crippen LogP contribution is -2.37. The van der Waals surface area contributed by atoms with Gasteiger partial charge >= 0.3 is 0 Å². The minimum atomic E-state index is -0.761. The molecule has 4 nitrogen and oxygen atoms in total. The third-order valence-corrected chi connectivity index (χ3v) is 19.0. The number of ether oxygens (including phenoxy) is 2. The first-order valence-electron chi connectivity index (χ1n) is 31.0. The average Bonchev–Trinajstić information content (AvgIpc) is 0.887. The van der Waals surface area contributed by atoms with E-state index in [1.54, 1.807) is 0 Å². The van der Waals surface area contributed by atoms with Gasteiger partial charge in [-0.2, -0.15) is 0 Å². The van der Waals surface area contributed by atoms with Crippen molar-refractivity contribution in [2.24, 2.45) is 0 Å². The maximum Gasteiger partial charge on any atom is 0.178 e. The van der Waals surface area contributed by atoms with Crippen LogP contribution in [0.3, 0.4) is 0 Å². The fourth-order valence-electron chi connectivity index (χ4n) is 14.8. The fourth-order valence-corrected chi connectivity index (χ4v) is 14.8. The lowest BCUT2D eigenvalue weighted by atomic mass is 9.77. The molecule has 2 heterocycles. The van der Waals surface area contributed by atoms with E-state index < -0.39 is 5.60 Å². The van der Waals surface area contributed by atoms with Gasteiger partial charge in [-0.3, -0.25) is 0 Å². The predicted octanol–water partition coefficient (Wildman–Crippen LogP) is 19.6. The molecule has 2 aliphatic heterocycles. The van der Waals surface area contributed by atoms with Gasteiger partial charge in [0.05, 0.1) is 13.2 Å². The molecule has 0 aromatic heterocycles. The van der Waals surface area contributed by atoms with Crippen LogP contribution in [-0.2, 0) is 42.4 Å².